The van der Waals surface area contributed by atoms with Crippen molar-refractivity contribution in [3.05, 3.63) is 58.3 Å². The fourth-order valence-electron chi connectivity index (χ4n) is 2.23. The quantitative estimate of drug-likeness (QED) is 0.662. The first kappa shape index (κ1) is 20.2. The number of urea groups is 1. The zero-order valence-electron chi connectivity index (χ0n) is 14.8. The van der Waals surface area contributed by atoms with Crippen molar-refractivity contribution >= 4 is 17.4 Å². The minimum atomic E-state index is -0.0780. The van der Waals surface area contributed by atoms with E-state index in [-0.39, 0.29) is 14.9 Å². The van der Waals surface area contributed by atoms with Gasteiger partial charge in [0.25, 0.3) is 0 Å². The van der Waals surface area contributed by atoms with Crippen molar-refractivity contribution in [2.24, 2.45) is 0 Å². The number of rotatable bonds is 7. The average molecular weight is 352 g/mol. The van der Waals surface area contributed by atoms with Gasteiger partial charge in [0.1, 0.15) is 0 Å². The van der Waals surface area contributed by atoms with Crippen LogP contribution in [0.15, 0.2) is 47.2 Å². The Morgan fingerprint density at radius 2 is 1.88 bits per heavy atom. The topological polar surface area (TPSA) is 53.2 Å². The number of aryl methyl sites for hydroxylation is 1. The molecule has 0 aliphatic rings. The van der Waals surface area contributed by atoms with Gasteiger partial charge in [0.15, 0.2) is 0 Å². The van der Waals surface area contributed by atoms with Gasteiger partial charge in [0, 0.05) is 15.4 Å². The molecule has 2 rings (SSSR count). The van der Waals surface area contributed by atoms with E-state index in [2.05, 4.69) is 44.9 Å². The predicted molar refractivity (Wildman–Crippen MR) is 108 cm³/mol. The molecule has 1 heterocycles. The number of benzene rings is 1. The number of thiophene rings is 1. The fourth-order valence-corrected chi connectivity index (χ4v) is 2.91. The Hall–Kier alpha value is -1.85. The maximum absolute atomic E-state index is 11.8. The van der Waals surface area contributed by atoms with E-state index in [0.717, 1.165) is 19.3 Å². The van der Waals surface area contributed by atoms with E-state index >= 15 is 0 Å². The summed E-state index contributed by atoms with van der Waals surface area (Å²) in [5.41, 5.74) is 2.59. The molecular formula is C19H33N3OS. The van der Waals surface area contributed by atoms with Crippen LogP contribution in [0.1, 0.15) is 27.3 Å². The summed E-state index contributed by atoms with van der Waals surface area (Å²) < 4.78 is 0. The summed E-state index contributed by atoms with van der Waals surface area (Å²) in [6.45, 7) is 2.73. The van der Waals surface area contributed by atoms with Gasteiger partial charge in [-0.2, -0.15) is 11.3 Å². The second kappa shape index (κ2) is 12.6. The summed E-state index contributed by atoms with van der Waals surface area (Å²) in [5, 5.41) is 12.8. The lowest BCUT2D eigenvalue weighted by molar-refractivity contribution is 0.237. The molecule has 2 aromatic rings. The zero-order chi connectivity index (χ0) is 17.6. The first-order valence-corrected chi connectivity index (χ1v) is 9.27. The number of carbonyl (C=O) groups excluding carboxylic acids is 1. The predicted octanol–water partition coefficient (Wildman–Crippen LogP) is 3.94. The highest BCUT2D eigenvalue weighted by Gasteiger charge is 2.07. The van der Waals surface area contributed by atoms with E-state index in [4.69, 9.17) is 0 Å². The smallest absolute Gasteiger partial charge is 0.315 e. The Bertz CT molecular complexity index is 553. The molecule has 0 fully saturated rings. The van der Waals surface area contributed by atoms with E-state index in [1.54, 1.807) is 11.3 Å². The van der Waals surface area contributed by atoms with Crippen LogP contribution in [-0.4, -0.2) is 32.7 Å². The number of hydrogen-bond donors (Lipinski definition) is 3. The lowest BCUT2D eigenvalue weighted by atomic mass is 10.1. The van der Waals surface area contributed by atoms with Gasteiger partial charge in [0.05, 0.1) is 0 Å². The van der Waals surface area contributed by atoms with Crippen molar-refractivity contribution in [3.8, 4) is 0 Å². The van der Waals surface area contributed by atoms with Crippen LogP contribution in [0.2, 0.25) is 0 Å². The van der Waals surface area contributed by atoms with Gasteiger partial charge in [-0.05, 0) is 68.2 Å². The summed E-state index contributed by atoms with van der Waals surface area (Å²) in [4.78, 5) is 11.8. The Morgan fingerprint density at radius 1 is 1.17 bits per heavy atom. The molecule has 0 spiro atoms. The van der Waals surface area contributed by atoms with Crippen molar-refractivity contribution < 1.29 is 7.65 Å². The van der Waals surface area contributed by atoms with E-state index in [1.165, 1.54) is 11.1 Å². The molecule has 1 aromatic carbocycles. The monoisotopic (exact) mass is 351 g/mol. The SMILES string of the molecule is CC(Cc1ccsc1)NC(=O)NCCCc1ccccc1.CNC.[HH].[HH]. The molecule has 4 nitrogen and oxygen atoms in total. The van der Waals surface area contributed by atoms with Crippen LogP contribution < -0.4 is 16.0 Å². The van der Waals surface area contributed by atoms with Gasteiger partial charge < -0.3 is 16.0 Å². The first-order chi connectivity index (χ1) is 11.7. The molecular weight excluding hydrogens is 318 g/mol. The molecule has 136 valence electrons. The zero-order valence-corrected chi connectivity index (χ0v) is 15.7. The van der Waals surface area contributed by atoms with E-state index in [1.807, 2.05) is 39.2 Å². The van der Waals surface area contributed by atoms with Crippen LogP contribution in [0.5, 0.6) is 0 Å². The normalized spacial score (nSPS) is 11.1. The first-order valence-electron chi connectivity index (χ1n) is 8.33. The molecule has 24 heavy (non-hydrogen) atoms. The van der Waals surface area contributed by atoms with Gasteiger partial charge in [-0.25, -0.2) is 4.79 Å². The molecule has 0 saturated heterocycles. The number of nitrogens with one attached hydrogen (secondary N) is 3. The van der Waals surface area contributed by atoms with E-state index < -0.39 is 0 Å². The third-order valence-corrected chi connectivity index (χ3v) is 4.00. The van der Waals surface area contributed by atoms with Crippen molar-refractivity contribution in [2.45, 2.75) is 32.2 Å². The molecule has 0 aliphatic heterocycles. The Kier molecular flexibility index (Phi) is 10.6. The summed E-state index contributed by atoms with van der Waals surface area (Å²) in [6.07, 6.45) is 2.82. The van der Waals surface area contributed by atoms with Crippen molar-refractivity contribution in [3.63, 3.8) is 0 Å². The molecule has 1 atom stereocenters. The standard InChI is InChI=1S/C17H22N2OS.C2H7N.2H2/c1-14(12-16-9-11-21-13-16)19-17(20)18-10-5-8-15-6-3-2-4-7-15;1-3-2;;/h2-4,6-7,9,11,13-14H,5,8,10,12H2,1H3,(H2,18,19,20);3H,1-2H3;2*1H. The molecule has 0 bridgehead atoms. The molecule has 2 amide bonds. The number of amides is 2. The van der Waals surface area contributed by atoms with Crippen molar-refractivity contribution in [2.75, 3.05) is 20.6 Å². The third-order valence-electron chi connectivity index (χ3n) is 3.27. The molecule has 0 radical (unpaired) electrons. The summed E-state index contributed by atoms with van der Waals surface area (Å²) >= 11 is 1.69. The number of carbonyl (C=O) groups is 1. The van der Waals surface area contributed by atoms with Crippen LogP contribution >= 0.6 is 11.3 Å². The van der Waals surface area contributed by atoms with Crippen LogP contribution in [-0.2, 0) is 12.8 Å². The second-order valence-electron chi connectivity index (χ2n) is 5.73. The summed E-state index contributed by atoms with van der Waals surface area (Å²) in [5.74, 6) is 0. The average Bonchev–Trinajstić information content (AvgIpc) is 3.06. The Balaban J connectivity index is 0. The minimum Gasteiger partial charge on any atom is -0.338 e. The Labute approximate surface area is 152 Å². The molecule has 1 aromatic heterocycles. The van der Waals surface area contributed by atoms with Gasteiger partial charge in [-0.1, -0.05) is 30.3 Å². The highest BCUT2D eigenvalue weighted by atomic mass is 32.1. The lowest BCUT2D eigenvalue weighted by Gasteiger charge is -2.14. The van der Waals surface area contributed by atoms with Gasteiger partial charge in [0.2, 0.25) is 0 Å². The largest absolute Gasteiger partial charge is 0.338 e. The second-order valence-corrected chi connectivity index (χ2v) is 6.51. The van der Waals surface area contributed by atoms with E-state index in [9.17, 15) is 4.79 Å². The molecule has 5 heteroatoms. The molecule has 1 unspecified atom stereocenters. The van der Waals surface area contributed by atoms with Gasteiger partial charge >= 0.3 is 6.03 Å². The molecule has 0 aliphatic carbocycles. The third kappa shape index (κ3) is 9.33. The maximum atomic E-state index is 11.8. The fraction of sp³-hybridized carbons (Fsp3) is 0.421. The highest BCUT2D eigenvalue weighted by molar-refractivity contribution is 7.07. The van der Waals surface area contributed by atoms with Crippen molar-refractivity contribution in [1.29, 1.82) is 0 Å². The highest BCUT2D eigenvalue weighted by Crippen LogP contribution is 2.08. The van der Waals surface area contributed by atoms with Crippen molar-refractivity contribution in [1.82, 2.24) is 16.0 Å². The Morgan fingerprint density at radius 3 is 2.50 bits per heavy atom. The summed E-state index contributed by atoms with van der Waals surface area (Å²) in [6, 6.07) is 12.5. The van der Waals surface area contributed by atoms with Gasteiger partial charge in [-0.3, -0.25) is 0 Å². The maximum Gasteiger partial charge on any atom is 0.315 e. The number of hydrogen-bond acceptors (Lipinski definition) is 3. The van der Waals surface area contributed by atoms with Crippen LogP contribution in [0.3, 0.4) is 0 Å². The van der Waals surface area contributed by atoms with E-state index in [0.29, 0.717) is 6.54 Å². The van der Waals surface area contributed by atoms with Crippen LogP contribution in [0.25, 0.3) is 0 Å². The minimum absolute atomic E-state index is 0. The van der Waals surface area contributed by atoms with Crippen LogP contribution in [0.4, 0.5) is 4.79 Å². The van der Waals surface area contributed by atoms with Crippen LogP contribution in [0, 0.1) is 0 Å². The lowest BCUT2D eigenvalue weighted by Crippen LogP contribution is -2.42. The molecule has 0 saturated carbocycles. The summed E-state index contributed by atoms with van der Waals surface area (Å²) in [7, 11) is 3.75. The van der Waals surface area contributed by atoms with Gasteiger partial charge in [-0.15, -0.1) is 0 Å². The molecule has 3 N–H and O–H groups in total.